The number of aromatic nitrogens is 1. The molecule has 1 aliphatic carbocycles. The van der Waals surface area contributed by atoms with Crippen molar-refractivity contribution in [2.24, 2.45) is 0 Å². The van der Waals surface area contributed by atoms with E-state index in [1.807, 2.05) is 12.3 Å². The second kappa shape index (κ2) is 7.56. The van der Waals surface area contributed by atoms with Crippen molar-refractivity contribution in [2.75, 3.05) is 0 Å². The summed E-state index contributed by atoms with van der Waals surface area (Å²) >= 11 is 6.15. The van der Waals surface area contributed by atoms with Crippen molar-refractivity contribution in [1.29, 1.82) is 0 Å². The van der Waals surface area contributed by atoms with Gasteiger partial charge in [0.05, 0.1) is 11.1 Å². The molecule has 4 aromatic rings. The van der Waals surface area contributed by atoms with Crippen molar-refractivity contribution in [2.45, 2.75) is 31.6 Å². The molecule has 31 heavy (non-hydrogen) atoms. The Balaban J connectivity index is 1.98. The first-order valence-electron chi connectivity index (χ1n) is 10.4. The summed E-state index contributed by atoms with van der Waals surface area (Å²) in [4.78, 5) is 4.94. The normalized spacial score (nSPS) is 17.3. The van der Waals surface area contributed by atoms with E-state index >= 15 is 0 Å². The summed E-state index contributed by atoms with van der Waals surface area (Å²) in [7, 11) is 0. The molecule has 1 atom stereocenters. The molecule has 1 nitrogen and oxygen atoms in total. The maximum Gasteiger partial charge on any atom is 0.0886 e. The Morgan fingerprint density at radius 2 is 1.55 bits per heavy atom. The van der Waals surface area contributed by atoms with Gasteiger partial charge in [0, 0.05) is 14.2 Å². The van der Waals surface area contributed by atoms with Gasteiger partial charge in [-0.05, 0) is 97.8 Å². The number of hydrogen-bond donors (Lipinski definition) is 0. The van der Waals surface area contributed by atoms with Gasteiger partial charge in [-0.15, -0.1) is 0 Å². The van der Waals surface area contributed by atoms with Crippen LogP contribution in [0.5, 0.6) is 0 Å². The Morgan fingerprint density at radius 3 is 2.23 bits per heavy atom. The van der Waals surface area contributed by atoms with Gasteiger partial charge in [0.1, 0.15) is 0 Å². The van der Waals surface area contributed by atoms with E-state index in [1.54, 1.807) is 0 Å². The summed E-state index contributed by atoms with van der Waals surface area (Å²) in [6.07, 6.45) is 1.91. The highest BCUT2D eigenvalue weighted by Gasteiger charge is 2.47. The highest BCUT2D eigenvalue weighted by molar-refractivity contribution is 14.1. The average Bonchev–Trinajstić information content (AvgIpc) is 3.03. The summed E-state index contributed by atoms with van der Waals surface area (Å²) in [6, 6.07) is 28.8. The van der Waals surface area contributed by atoms with E-state index in [0.29, 0.717) is 0 Å². The molecule has 154 valence electrons. The van der Waals surface area contributed by atoms with Gasteiger partial charge in [0.15, 0.2) is 0 Å². The largest absolute Gasteiger partial charge is 0.260 e. The average molecular weight is 580 g/mol. The molecular formula is C28H23BrIN. The topological polar surface area (TPSA) is 12.9 Å². The van der Waals surface area contributed by atoms with Gasteiger partial charge in [-0.2, -0.15) is 0 Å². The summed E-state index contributed by atoms with van der Waals surface area (Å²) in [5.74, 6) is 0. The molecule has 0 fully saturated rings. The number of benzene rings is 3. The van der Waals surface area contributed by atoms with Crippen molar-refractivity contribution in [3.63, 3.8) is 0 Å². The highest BCUT2D eigenvalue weighted by atomic mass is 127. The smallest absolute Gasteiger partial charge is 0.0886 e. The minimum absolute atomic E-state index is 0.0609. The molecule has 0 unspecified atom stereocenters. The van der Waals surface area contributed by atoms with Gasteiger partial charge in [0.2, 0.25) is 0 Å². The predicted octanol–water partition coefficient (Wildman–Crippen LogP) is 8.11. The number of halogens is 2. The summed E-state index contributed by atoms with van der Waals surface area (Å²) in [5.41, 5.74) is 8.43. The molecule has 0 radical (unpaired) electrons. The lowest BCUT2D eigenvalue weighted by atomic mass is 9.69. The number of pyridine rings is 1. The van der Waals surface area contributed by atoms with Crippen LogP contribution in [-0.4, -0.2) is 4.98 Å². The van der Waals surface area contributed by atoms with Crippen molar-refractivity contribution < 1.29 is 0 Å². The van der Waals surface area contributed by atoms with E-state index in [4.69, 9.17) is 4.98 Å². The summed E-state index contributed by atoms with van der Waals surface area (Å²) in [5, 5.41) is 0. The summed E-state index contributed by atoms with van der Waals surface area (Å²) < 4.78 is 2.31. The van der Waals surface area contributed by atoms with Gasteiger partial charge in [0.25, 0.3) is 0 Å². The van der Waals surface area contributed by atoms with Gasteiger partial charge in [-0.1, -0.05) is 79.2 Å². The fourth-order valence-electron chi connectivity index (χ4n) is 4.80. The Bertz CT molecular complexity index is 1290. The van der Waals surface area contributed by atoms with E-state index < -0.39 is 5.41 Å². The Hall–Kier alpha value is -1.98. The molecule has 5 rings (SSSR count). The molecule has 3 heteroatoms. The van der Waals surface area contributed by atoms with Crippen molar-refractivity contribution in [3.05, 3.63) is 121 Å². The lowest BCUT2D eigenvalue weighted by Gasteiger charge is -2.33. The molecule has 0 saturated heterocycles. The third-order valence-electron chi connectivity index (χ3n) is 6.27. The predicted molar refractivity (Wildman–Crippen MR) is 141 cm³/mol. The lowest BCUT2D eigenvalue weighted by molar-refractivity contribution is 0.587. The lowest BCUT2D eigenvalue weighted by Crippen LogP contribution is -2.30. The van der Waals surface area contributed by atoms with Gasteiger partial charge in [-0.3, -0.25) is 4.98 Å². The monoisotopic (exact) mass is 579 g/mol. The quantitative estimate of drug-likeness (QED) is 0.192. The molecule has 0 aliphatic heterocycles. The van der Waals surface area contributed by atoms with Crippen LogP contribution < -0.4 is 0 Å². The number of hydrogen-bond acceptors (Lipinski definition) is 1. The van der Waals surface area contributed by atoms with E-state index in [-0.39, 0.29) is 5.41 Å². The zero-order valence-corrected chi connectivity index (χ0v) is 21.5. The minimum Gasteiger partial charge on any atom is -0.260 e. The van der Waals surface area contributed by atoms with E-state index in [1.165, 1.54) is 37.0 Å². The molecule has 1 heterocycles. The Labute approximate surface area is 206 Å². The molecule has 1 aromatic heterocycles. The fraction of sp³-hybridized carbons (Fsp3) is 0.179. The Kier molecular flexibility index (Phi) is 5.10. The standard InChI is InChI=1S/C28H23BrIN/c1-27(2,3)18-10-12-22-23-13-11-21(30)17-25(23)28(24(22)16-18,26-9-4-5-14-31-26)19-7-6-8-20(29)15-19/h4-17H,1-3H3/t28-/m1/s1. The molecule has 3 aromatic carbocycles. The molecule has 0 amide bonds. The van der Waals surface area contributed by atoms with Crippen LogP contribution in [0.4, 0.5) is 0 Å². The molecule has 0 bridgehead atoms. The van der Waals surface area contributed by atoms with E-state index in [0.717, 1.165) is 10.2 Å². The maximum atomic E-state index is 4.94. The molecular weight excluding hydrogens is 557 g/mol. The zero-order valence-electron chi connectivity index (χ0n) is 17.8. The zero-order chi connectivity index (χ0) is 21.8. The van der Waals surface area contributed by atoms with Crippen LogP contribution in [0.1, 0.15) is 48.7 Å². The second-order valence-electron chi connectivity index (χ2n) is 9.18. The maximum absolute atomic E-state index is 4.94. The van der Waals surface area contributed by atoms with Crippen LogP contribution in [0.15, 0.2) is 89.5 Å². The van der Waals surface area contributed by atoms with Crippen LogP contribution in [0.3, 0.4) is 0 Å². The third kappa shape index (κ3) is 3.28. The first-order chi connectivity index (χ1) is 14.8. The Morgan fingerprint density at radius 1 is 0.806 bits per heavy atom. The van der Waals surface area contributed by atoms with Crippen LogP contribution in [-0.2, 0) is 10.8 Å². The molecule has 0 spiro atoms. The number of nitrogens with zero attached hydrogens (tertiary/aromatic N) is 1. The number of rotatable bonds is 2. The minimum atomic E-state index is -0.460. The van der Waals surface area contributed by atoms with Crippen LogP contribution in [0.2, 0.25) is 0 Å². The number of fused-ring (bicyclic) bond motifs is 3. The second-order valence-corrected chi connectivity index (χ2v) is 11.3. The van der Waals surface area contributed by atoms with Gasteiger partial charge >= 0.3 is 0 Å². The van der Waals surface area contributed by atoms with Crippen LogP contribution in [0.25, 0.3) is 11.1 Å². The first-order valence-corrected chi connectivity index (χ1v) is 12.3. The molecule has 0 saturated carbocycles. The van der Waals surface area contributed by atoms with Gasteiger partial charge < -0.3 is 0 Å². The highest BCUT2D eigenvalue weighted by Crippen LogP contribution is 2.56. The SMILES string of the molecule is CC(C)(C)c1ccc2c(c1)[C@@](c1cccc(Br)c1)(c1ccccn1)c1cc(I)ccc1-2. The third-order valence-corrected chi connectivity index (χ3v) is 7.44. The van der Waals surface area contributed by atoms with Crippen LogP contribution >= 0.6 is 38.5 Å². The van der Waals surface area contributed by atoms with Crippen molar-refractivity contribution in [3.8, 4) is 11.1 Å². The van der Waals surface area contributed by atoms with Crippen molar-refractivity contribution >= 4 is 38.5 Å². The molecule has 1 aliphatic rings. The fourth-order valence-corrected chi connectivity index (χ4v) is 5.69. The van der Waals surface area contributed by atoms with Crippen molar-refractivity contribution in [1.82, 2.24) is 4.98 Å². The van der Waals surface area contributed by atoms with Crippen LogP contribution in [0, 0.1) is 3.57 Å². The van der Waals surface area contributed by atoms with E-state index in [9.17, 15) is 0 Å². The van der Waals surface area contributed by atoms with Gasteiger partial charge in [-0.25, -0.2) is 0 Å². The molecule has 0 N–H and O–H groups in total. The van der Waals surface area contributed by atoms with E-state index in [2.05, 4.69) is 132 Å². The first kappa shape index (κ1) is 20.9. The summed E-state index contributed by atoms with van der Waals surface area (Å²) in [6.45, 7) is 6.84.